The molecule has 1 fully saturated rings. The molecule has 0 bridgehead atoms. The molecule has 2 heteroatoms. The van der Waals surface area contributed by atoms with Crippen LogP contribution in [0.4, 0.5) is 0 Å². The summed E-state index contributed by atoms with van der Waals surface area (Å²) in [6, 6.07) is 0. The van der Waals surface area contributed by atoms with Gasteiger partial charge in [-0.1, -0.05) is 6.42 Å². The highest BCUT2D eigenvalue weighted by atomic mass is 16.3. The van der Waals surface area contributed by atoms with E-state index in [1.807, 2.05) is 0 Å². The Morgan fingerprint density at radius 3 is 2.11 bits per heavy atom. The van der Waals surface area contributed by atoms with E-state index < -0.39 is 5.72 Å². The molecule has 0 spiro atoms. The van der Waals surface area contributed by atoms with E-state index in [0.717, 1.165) is 12.8 Å². The quantitative estimate of drug-likeness (QED) is 0.488. The molecule has 0 unspecified atom stereocenters. The van der Waals surface area contributed by atoms with Gasteiger partial charge in [-0.15, -0.1) is 0 Å². The lowest BCUT2D eigenvalue weighted by molar-refractivity contribution is 0.0487. The molecule has 1 N–H and O–H groups in total. The molecule has 1 saturated carbocycles. The largest absolute Gasteiger partial charge is 0.334 e. The van der Waals surface area contributed by atoms with Crippen LogP contribution in [0.1, 0.15) is 32.1 Å². The second-order valence-electron chi connectivity index (χ2n) is 2.65. The summed E-state index contributed by atoms with van der Waals surface area (Å²) in [5.41, 5.74) is -0.988. The Morgan fingerprint density at radius 2 is 1.78 bits per heavy atom. The van der Waals surface area contributed by atoms with Crippen LogP contribution in [0, 0.1) is 6.57 Å². The van der Waals surface area contributed by atoms with Gasteiger partial charge in [0, 0.05) is 0 Å². The van der Waals surface area contributed by atoms with Crippen LogP contribution in [-0.2, 0) is 0 Å². The third-order valence-corrected chi connectivity index (χ3v) is 1.86. The maximum Gasteiger partial charge on any atom is 0.334 e. The molecule has 9 heavy (non-hydrogen) atoms. The summed E-state index contributed by atoms with van der Waals surface area (Å²) in [5, 5.41) is 9.33. The molecule has 0 aliphatic heterocycles. The number of nitrogens with zero attached hydrogens (tertiary/aromatic N) is 1. The van der Waals surface area contributed by atoms with Gasteiger partial charge in [-0.25, -0.2) is 6.57 Å². The lowest BCUT2D eigenvalue weighted by atomic mass is 9.93. The Bertz CT molecular complexity index is 130. The first kappa shape index (κ1) is 6.57. The van der Waals surface area contributed by atoms with Crippen LogP contribution >= 0.6 is 0 Å². The molecule has 1 aliphatic rings. The van der Waals surface area contributed by atoms with Gasteiger partial charge in [0.15, 0.2) is 0 Å². The second kappa shape index (κ2) is 2.36. The predicted molar refractivity (Wildman–Crippen MR) is 34.6 cm³/mol. The molecule has 1 aliphatic carbocycles. The van der Waals surface area contributed by atoms with E-state index in [1.165, 1.54) is 6.42 Å². The van der Waals surface area contributed by atoms with Gasteiger partial charge >= 0.3 is 5.72 Å². The monoisotopic (exact) mass is 125 g/mol. The Labute approximate surface area is 55.3 Å². The summed E-state index contributed by atoms with van der Waals surface area (Å²) in [6.45, 7) is 6.67. The summed E-state index contributed by atoms with van der Waals surface area (Å²) >= 11 is 0. The number of rotatable bonds is 0. The molecular weight excluding hydrogens is 114 g/mol. The van der Waals surface area contributed by atoms with Crippen molar-refractivity contribution < 1.29 is 5.11 Å². The first-order valence-electron chi connectivity index (χ1n) is 3.38. The second-order valence-corrected chi connectivity index (χ2v) is 2.65. The molecule has 50 valence electrons. The van der Waals surface area contributed by atoms with Gasteiger partial charge in [0.25, 0.3) is 0 Å². The van der Waals surface area contributed by atoms with Crippen molar-refractivity contribution in [2.75, 3.05) is 0 Å². The number of hydrogen-bond acceptors (Lipinski definition) is 1. The minimum Gasteiger partial charge on any atom is -0.324 e. The van der Waals surface area contributed by atoms with Crippen molar-refractivity contribution in [1.82, 2.24) is 0 Å². The first-order valence-corrected chi connectivity index (χ1v) is 3.38. The average molecular weight is 125 g/mol. The Hall–Kier alpha value is -0.550. The lowest BCUT2D eigenvalue weighted by Gasteiger charge is -2.19. The molecule has 2 nitrogen and oxygen atoms in total. The molecule has 0 aromatic rings. The van der Waals surface area contributed by atoms with Gasteiger partial charge in [0.05, 0.1) is 12.8 Å². The van der Waals surface area contributed by atoms with Crippen LogP contribution in [0.5, 0.6) is 0 Å². The highest BCUT2D eigenvalue weighted by Gasteiger charge is 2.34. The highest BCUT2D eigenvalue weighted by Crippen LogP contribution is 2.28. The minimum atomic E-state index is -0.988. The van der Waals surface area contributed by atoms with Crippen LogP contribution < -0.4 is 0 Å². The average Bonchev–Trinajstić information content (AvgIpc) is 1.90. The third-order valence-electron chi connectivity index (χ3n) is 1.86. The molecule has 0 radical (unpaired) electrons. The highest BCUT2D eigenvalue weighted by molar-refractivity contribution is 4.89. The van der Waals surface area contributed by atoms with Crippen LogP contribution in [0.25, 0.3) is 4.85 Å². The Kier molecular flexibility index (Phi) is 1.73. The van der Waals surface area contributed by atoms with E-state index in [0.29, 0.717) is 12.8 Å². The van der Waals surface area contributed by atoms with Gasteiger partial charge in [-0.3, -0.25) is 4.85 Å². The number of aliphatic hydroxyl groups is 1. The minimum absolute atomic E-state index is 0.677. The van der Waals surface area contributed by atoms with Crippen molar-refractivity contribution in [3.63, 3.8) is 0 Å². The molecule has 1 rings (SSSR count). The van der Waals surface area contributed by atoms with Gasteiger partial charge in [0.2, 0.25) is 0 Å². The lowest BCUT2D eigenvalue weighted by Crippen LogP contribution is -2.26. The molecule has 0 aromatic carbocycles. The van der Waals surface area contributed by atoms with Crippen molar-refractivity contribution in [3.8, 4) is 0 Å². The SMILES string of the molecule is [C-]#[N+]C1(O)CCCCC1. The summed E-state index contributed by atoms with van der Waals surface area (Å²) < 4.78 is 0. The van der Waals surface area contributed by atoms with Gasteiger partial charge < -0.3 is 5.11 Å². The van der Waals surface area contributed by atoms with Gasteiger partial charge in [0.1, 0.15) is 0 Å². The van der Waals surface area contributed by atoms with E-state index in [1.54, 1.807) is 0 Å². The van der Waals surface area contributed by atoms with Crippen LogP contribution in [0.15, 0.2) is 0 Å². The van der Waals surface area contributed by atoms with Gasteiger partial charge in [-0.2, -0.15) is 0 Å². The molecule has 0 saturated heterocycles. The van der Waals surface area contributed by atoms with E-state index in [2.05, 4.69) is 4.85 Å². The zero-order chi connectivity index (χ0) is 6.74. The Morgan fingerprint density at radius 1 is 1.22 bits per heavy atom. The molecule has 0 aromatic heterocycles. The zero-order valence-corrected chi connectivity index (χ0v) is 5.43. The normalized spacial score (nSPS) is 24.9. The van der Waals surface area contributed by atoms with E-state index >= 15 is 0 Å². The van der Waals surface area contributed by atoms with Crippen LogP contribution in [0.2, 0.25) is 0 Å². The standard InChI is InChI=1S/C7H11NO/c1-8-7(9)5-3-2-4-6-7/h9H,2-6H2. The molecular formula is C7H11NO. The van der Waals surface area contributed by atoms with E-state index in [9.17, 15) is 5.11 Å². The van der Waals surface area contributed by atoms with Crippen molar-refractivity contribution in [3.05, 3.63) is 11.4 Å². The van der Waals surface area contributed by atoms with Crippen molar-refractivity contribution in [2.45, 2.75) is 37.8 Å². The van der Waals surface area contributed by atoms with Gasteiger partial charge in [-0.05, 0) is 12.8 Å². The van der Waals surface area contributed by atoms with E-state index in [4.69, 9.17) is 6.57 Å². The Balaban J connectivity index is 2.49. The van der Waals surface area contributed by atoms with Crippen molar-refractivity contribution >= 4 is 0 Å². The maximum atomic E-state index is 9.33. The summed E-state index contributed by atoms with van der Waals surface area (Å²) in [4.78, 5) is 3.18. The van der Waals surface area contributed by atoms with Crippen LogP contribution in [-0.4, -0.2) is 10.8 Å². The topological polar surface area (TPSA) is 24.6 Å². The summed E-state index contributed by atoms with van der Waals surface area (Å²) in [5.74, 6) is 0. The van der Waals surface area contributed by atoms with Crippen LogP contribution in [0.3, 0.4) is 0 Å². The predicted octanol–water partition coefficient (Wildman–Crippen LogP) is 1.56. The first-order chi connectivity index (χ1) is 4.27. The molecule has 0 amide bonds. The summed E-state index contributed by atoms with van der Waals surface area (Å²) in [6.07, 6.45) is 4.56. The third kappa shape index (κ3) is 1.43. The van der Waals surface area contributed by atoms with Crippen molar-refractivity contribution in [2.24, 2.45) is 0 Å². The molecule has 0 heterocycles. The number of hydrogen-bond donors (Lipinski definition) is 1. The molecule has 0 atom stereocenters. The maximum absolute atomic E-state index is 9.33. The fraction of sp³-hybridized carbons (Fsp3) is 0.857. The summed E-state index contributed by atoms with van der Waals surface area (Å²) in [7, 11) is 0. The smallest absolute Gasteiger partial charge is 0.324 e. The van der Waals surface area contributed by atoms with E-state index in [-0.39, 0.29) is 0 Å². The fourth-order valence-electron chi connectivity index (χ4n) is 1.23. The zero-order valence-electron chi connectivity index (χ0n) is 5.43. The fourth-order valence-corrected chi connectivity index (χ4v) is 1.23. The van der Waals surface area contributed by atoms with Crippen molar-refractivity contribution in [1.29, 1.82) is 0 Å².